The third-order valence-corrected chi connectivity index (χ3v) is 5.26. The number of imidazole rings is 1. The largest absolute Gasteiger partial charge is 0.379 e. The van der Waals surface area contributed by atoms with Gasteiger partial charge in [0.2, 0.25) is 5.91 Å². The van der Waals surface area contributed by atoms with E-state index in [1.165, 1.54) is 0 Å². The molecule has 2 heterocycles. The number of morpholine rings is 1. The minimum Gasteiger partial charge on any atom is -0.379 e. The van der Waals surface area contributed by atoms with Crippen molar-refractivity contribution in [3.05, 3.63) is 78.4 Å². The van der Waals surface area contributed by atoms with Crippen LogP contribution in [0.3, 0.4) is 0 Å². The Bertz CT molecular complexity index is 1050. The molecular weight excluding hydrogens is 406 g/mol. The molecule has 1 saturated heterocycles. The maximum Gasteiger partial charge on any atom is 0.255 e. The van der Waals surface area contributed by atoms with Crippen LogP contribution in [0, 0.1) is 0 Å². The molecule has 0 aliphatic carbocycles. The van der Waals surface area contributed by atoms with Gasteiger partial charge in [0.1, 0.15) is 0 Å². The summed E-state index contributed by atoms with van der Waals surface area (Å²) in [6, 6.07) is 14.8. The van der Waals surface area contributed by atoms with Gasteiger partial charge < -0.3 is 19.9 Å². The lowest BCUT2D eigenvalue weighted by Crippen LogP contribution is -2.35. The molecule has 166 valence electrons. The highest BCUT2D eigenvalue weighted by Gasteiger charge is 2.12. The van der Waals surface area contributed by atoms with E-state index in [2.05, 4.69) is 26.6 Å². The fourth-order valence-corrected chi connectivity index (χ4v) is 3.58. The summed E-state index contributed by atoms with van der Waals surface area (Å²) in [6.45, 7) is 4.72. The Labute approximate surface area is 187 Å². The van der Waals surface area contributed by atoms with E-state index >= 15 is 0 Å². The van der Waals surface area contributed by atoms with Crippen molar-refractivity contribution in [3.63, 3.8) is 0 Å². The van der Waals surface area contributed by atoms with Crippen molar-refractivity contribution in [1.82, 2.24) is 14.5 Å². The van der Waals surface area contributed by atoms with Crippen molar-refractivity contribution in [2.24, 2.45) is 0 Å². The molecule has 8 nitrogen and oxygen atoms in total. The monoisotopic (exact) mass is 433 g/mol. The number of nitrogens with zero attached hydrogens (tertiary/aromatic N) is 3. The molecule has 0 saturated carbocycles. The zero-order valence-electron chi connectivity index (χ0n) is 17.9. The molecule has 0 atom stereocenters. The second kappa shape index (κ2) is 10.7. The molecule has 32 heavy (non-hydrogen) atoms. The zero-order valence-corrected chi connectivity index (χ0v) is 17.9. The normalized spacial score (nSPS) is 14.1. The first kappa shape index (κ1) is 21.7. The van der Waals surface area contributed by atoms with Crippen molar-refractivity contribution < 1.29 is 14.3 Å². The van der Waals surface area contributed by atoms with Gasteiger partial charge in [-0.2, -0.15) is 0 Å². The minimum absolute atomic E-state index is 0.118. The van der Waals surface area contributed by atoms with Crippen LogP contribution < -0.4 is 10.6 Å². The van der Waals surface area contributed by atoms with Crippen molar-refractivity contribution in [2.75, 3.05) is 36.9 Å². The fourth-order valence-electron chi connectivity index (χ4n) is 3.58. The molecule has 3 aromatic rings. The van der Waals surface area contributed by atoms with Crippen LogP contribution in [-0.2, 0) is 22.6 Å². The molecule has 2 N–H and O–H groups in total. The number of nitrogens with one attached hydrogen (secondary N) is 2. The van der Waals surface area contributed by atoms with Crippen molar-refractivity contribution >= 4 is 23.2 Å². The summed E-state index contributed by atoms with van der Waals surface area (Å²) < 4.78 is 7.24. The van der Waals surface area contributed by atoms with Gasteiger partial charge in [0.25, 0.3) is 5.91 Å². The van der Waals surface area contributed by atoms with E-state index in [1.54, 1.807) is 36.8 Å². The molecule has 1 fully saturated rings. The van der Waals surface area contributed by atoms with Gasteiger partial charge in [-0.15, -0.1) is 0 Å². The van der Waals surface area contributed by atoms with E-state index in [1.807, 2.05) is 29.0 Å². The highest BCUT2D eigenvalue weighted by Crippen LogP contribution is 2.17. The van der Waals surface area contributed by atoms with Crippen LogP contribution in [0.25, 0.3) is 0 Å². The standard InChI is InChI=1S/C24H27N5O3/c30-23(7-9-29-10-8-25-18-29)26-22-6-2-4-20(16-22)24(31)27-21-5-1-3-19(15-21)17-28-11-13-32-14-12-28/h1-6,8,10,15-16,18H,7,9,11-14,17H2,(H,26,30)(H,27,31). The number of amides is 2. The molecule has 0 bridgehead atoms. The zero-order chi connectivity index (χ0) is 22.2. The summed E-state index contributed by atoms with van der Waals surface area (Å²) in [5.74, 6) is -0.338. The summed E-state index contributed by atoms with van der Waals surface area (Å²) >= 11 is 0. The van der Waals surface area contributed by atoms with Gasteiger partial charge in [0, 0.05) is 61.9 Å². The summed E-state index contributed by atoms with van der Waals surface area (Å²) in [4.78, 5) is 31.3. The van der Waals surface area contributed by atoms with Crippen LogP contribution >= 0.6 is 0 Å². The third kappa shape index (κ3) is 6.26. The van der Waals surface area contributed by atoms with Gasteiger partial charge in [0.15, 0.2) is 0 Å². The predicted molar refractivity (Wildman–Crippen MR) is 122 cm³/mol. The summed E-state index contributed by atoms with van der Waals surface area (Å²) in [7, 11) is 0. The average Bonchev–Trinajstić information content (AvgIpc) is 3.33. The number of carbonyl (C=O) groups excluding carboxylic acids is 2. The van der Waals surface area contributed by atoms with Gasteiger partial charge in [-0.3, -0.25) is 14.5 Å². The van der Waals surface area contributed by atoms with Gasteiger partial charge in [0.05, 0.1) is 19.5 Å². The topological polar surface area (TPSA) is 88.5 Å². The Morgan fingerprint density at radius 1 is 1.00 bits per heavy atom. The van der Waals surface area contributed by atoms with E-state index in [4.69, 9.17) is 4.74 Å². The second-order valence-electron chi connectivity index (χ2n) is 7.72. The molecule has 2 aromatic carbocycles. The number of aromatic nitrogens is 2. The lowest BCUT2D eigenvalue weighted by molar-refractivity contribution is -0.116. The van der Waals surface area contributed by atoms with E-state index in [0.29, 0.717) is 24.2 Å². The predicted octanol–water partition coefficient (Wildman–Crippen LogP) is 3.00. The number of anilines is 2. The molecule has 1 aromatic heterocycles. The molecular formula is C24H27N5O3. The molecule has 2 amide bonds. The fraction of sp³-hybridized carbons (Fsp3) is 0.292. The van der Waals surface area contributed by atoms with Gasteiger partial charge >= 0.3 is 0 Å². The Hall–Kier alpha value is -3.49. The smallest absolute Gasteiger partial charge is 0.255 e. The quantitative estimate of drug-likeness (QED) is 0.570. The Morgan fingerprint density at radius 3 is 2.56 bits per heavy atom. The van der Waals surface area contributed by atoms with Gasteiger partial charge in [-0.05, 0) is 35.9 Å². The lowest BCUT2D eigenvalue weighted by atomic mass is 10.1. The number of carbonyl (C=O) groups is 2. The number of ether oxygens (including phenoxy) is 1. The van der Waals surface area contributed by atoms with Crippen LogP contribution in [0.2, 0.25) is 0 Å². The van der Waals surface area contributed by atoms with Crippen LogP contribution in [0.4, 0.5) is 11.4 Å². The van der Waals surface area contributed by atoms with Gasteiger partial charge in [-0.25, -0.2) is 4.98 Å². The first-order valence-electron chi connectivity index (χ1n) is 10.7. The second-order valence-corrected chi connectivity index (χ2v) is 7.72. The minimum atomic E-state index is -0.219. The Morgan fingerprint density at radius 2 is 1.78 bits per heavy atom. The van der Waals surface area contributed by atoms with Crippen molar-refractivity contribution in [1.29, 1.82) is 0 Å². The lowest BCUT2D eigenvalue weighted by Gasteiger charge is -2.26. The molecule has 1 aliphatic rings. The van der Waals surface area contributed by atoms with Crippen molar-refractivity contribution in [2.45, 2.75) is 19.5 Å². The van der Waals surface area contributed by atoms with Crippen LogP contribution in [-0.4, -0.2) is 52.6 Å². The SMILES string of the molecule is O=C(CCn1ccnc1)Nc1cccc(C(=O)Nc2cccc(CN3CCOCC3)c2)c1. The molecule has 4 rings (SSSR count). The number of benzene rings is 2. The summed E-state index contributed by atoms with van der Waals surface area (Å²) in [5, 5.41) is 5.80. The molecule has 1 aliphatic heterocycles. The highest BCUT2D eigenvalue weighted by molar-refractivity contribution is 6.05. The van der Waals surface area contributed by atoms with Crippen molar-refractivity contribution in [3.8, 4) is 0 Å². The number of rotatable bonds is 8. The van der Waals surface area contributed by atoms with Gasteiger partial charge in [-0.1, -0.05) is 18.2 Å². The Balaban J connectivity index is 1.33. The number of aryl methyl sites for hydroxylation is 1. The number of hydrogen-bond donors (Lipinski definition) is 2. The summed E-state index contributed by atoms with van der Waals surface area (Å²) in [5.41, 5.74) is 2.96. The Kier molecular flexibility index (Phi) is 7.27. The van der Waals surface area contributed by atoms with Crippen LogP contribution in [0.15, 0.2) is 67.3 Å². The molecule has 8 heteroatoms. The highest BCUT2D eigenvalue weighted by atomic mass is 16.5. The van der Waals surface area contributed by atoms with E-state index in [9.17, 15) is 9.59 Å². The van der Waals surface area contributed by atoms with E-state index < -0.39 is 0 Å². The maximum absolute atomic E-state index is 12.8. The number of hydrogen-bond acceptors (Lipinski definition) is 5. The summed E-state index contributed by atoms with van der Waals surface area (Å²) in [6.07, 6.45) is 5.49. The first-order valence-corrected chi connectivity index (χ1v) is 10.7. The molecule has 0 unspecified atom stereocenters. The molecule has 0 radical (unpaired) electrons. The molecule has 0 spiro atoms. The van der Waals surface area contributed by atoms with Crippen LogP contribution in [0.5, 0.6) is 0 Å². The third-order valence-electron chi connectivity index (χ3n) is 5.26. The average molecular weight is 434 g/mol. The first-order chi connectivity index (χ1) is 15.7. The maximum atomic E-state index is 12.8. The van der Waals surface area contributed by atoms with Crippen LogP contribution in [0.1, 0.15) is 22.3 Å². The van der Waals surface area contributed by atoms with E-state index in [-0.39, 0.29) is 11.8 Å². The van der Waals surface area contributed by atoms with E-state index in [0.717, 1.165) is 44.1 Å².